The average Bonchev–Trinajstić information content (AvgIpc) is 3.46. The monoisotopic (exact) mass is 362 g/mol. The van der Waals surface area contributed by atoms with Crippen LogP contribution < -0.4 is 9.47 Å². The van der Waals surface area contributed by atoms with E-state index in [1.54, 1.807) is 30.3 Å². The van der Waals surface area contributed by atoms with E-state index in [1.807, 2.05) is 0 Å². The minimum absolute atomic E-state index is 0.0940. The van der Waals surface area contributed by atoms with Crippen molar-refractivity contribution < 1.29 is 33.6 Å². The fourth-order valence-corrected chi connectivity index (χ4v) is 4.66. The summed E-state index contributed by atoms with van der Waals surface area (Å²) in [5.74, 6) is -2.67. The van der Waals surface area contributed by atoms with E-state index < -0.39 is 23.8 Å². The van der Waals surface area contributed by atoms with Gasteiger partial charge in [-0.3, -0.25) is 14.3 Å². The number of hydrogen-bond donors (Lipinski definition) is 1. The lowest BCUT2D eigenvalue weighted by atomic mass is 9.80. The summed E-state index contributed by atoms with van der Waals surface area (Å²) in [6.45, 7) is 0. The number of phenolic OH excluding ortho intramolecular Hbond substituents is 1. The van der Waals surface area contributed by atoms with E-state index in [9.17, 15) is 14.7 Å². The SMILES string of the molecule is O=C1C=C[C@]23Oc4ccc(O)c5c4C(Oc4cccc1c42)(O3)[C@@H]1O[C@@H]1C5=O. The zero-order chi connectivity index (χ0) is 18.1. The number of epoxide rings is 1. The van der Waals surface area contributed by atoms with Gasteiger partial charge in [-0.2, -0.15) is 0 Å². The van der Waals surface area contributed by atoms with Gasteiger partial charge in [-0.1, -0.05) is 12.1 Å². The Bertz CT molecular complexity index is 1170. The third-order valence-corrected chi connectivity index (χ3v) is 5.79. The van der Waals surface area contributed by atoms with Gasteiger partial charge in [-0.25, -0.2) is 0 Å². The van der Waals surface area contributed by atoms with Crippen LogP contribution in [0.3, 0.4) is 0 Å². The van der Waals surface area contributed by atoms with Crippen molar-refractivity contribution >= 4 is 11.6 Å². The molecular formula is C20H10O7. The van der Waals surface area contributed by atoms with E-state index in [-0.39, 0.29) is 22.9 Å². The van der Waals surface area contributed by atoms with Crippen molar-refractivity contribution in [2.24, 2.45) is 0 Å². The number of ketones is 2. The predicted molar refractivity (Wildman–Crippen MR) is 86.7 cm³/mol. The molecule has 2 aliphatic carbocycles. The van der Waals surface area contributed by atoms with Gasteiger partial charge >= 0.3 is 0 Å². The molecule has 4 atom stereocenters. The van der Waals surface area contributed by atoms with Crippen LogP contribution in [0.5, 0.6) is 17.2 Å². The van der Waals surface area contributed by atoms with Crippen molar-refractivity contribution in [2.75, 3.05) is 0 Å². The highest BCUT2D eigenvalue weighted by Crippen LogP contribution is 2.64. The number of carbonyl (C=O) groups excluding carboxylic acids is 2. The molecule has 7 heteroatoms. The van der Waals surface area contributed by atoms with Crippen LogP contribution in [0.4, 0.5) is 0 Å². The molecule has 0 radical (unpaired) electrons. The lowest BCUT2D eigenvalue weighted by Crippen LogP contribution is -2.60. The van der Waals surface area contributed by atoms with E-state index in [0.29, 0.717) is 28.2 Å². The summed E-state index contributed by atoms with van der Waals surface area (Å²) in [5, 5.41) is 10.3. The number of Topliss-reactive ketones (excluding diaryl/α,β-unsaturated/α-hetero) is 1. The molecule has 2 bridgehead atoms. The maximum absolute atomic E-state index is 12.7. The molecule has 0 saturated carbocycles. The summed E-state index contributed by atoms with van der Waals surface area (Å²) in [6, 6.07) is 8.13. The summed E-state index contributed by atoms with van der Waals surface area (Å²) < 4.78 is 24.4. The highest BCUT2D eigenvalue weighted by Gasteiger charge is 2.74. The highest BCUT2D eigenvalue weighted by atomic mass is 16.8. The normalized spacial score (nSPS) is 35.4. The van der Waals surface area contributed by atoms with Gasteiger partial charge in [0.1, 0.15) is 17.2 Å². The molecule has 132 valence electrons. The van der Waals surface area contributed by atoms with Crippen molar-refractivity contribution in [1.29, 1.82) is 0 Å². The fourth-order valence-electron chi connectivity index (χ4n) is 4.66. The Labute approximate surface area is 151 Å². The van der Waals surface area contributed by atoms with Crippen LogP contribution in [0.1, 0.15) is 31.8 Å². The number of hydrogen-bond acceptors (Lipinski definition) is 7. The molecule has 3 aliphatic heterocycles. The number of phenols is 1. The highest BCUT2D eigenvalue weighted by molar-refractivity contribution is 6.09. The Hall–Kier alpha value is -3.16. The van der Waals surface area contributed by atoms with Gasteiger partial charge in [0.15, 0.2) is 23.8 Å². The lowest BCUT2D eigenvalue weighted by molar-refractivity contribution is -0.345. The summed E-state index contributed by atoms with van der Waals surface area (Å²) in [6.07, 6.45) is 1.58. The second-order valence-corrected chi connectivity index (χ2v) is 7.19. The Kier molecular flexibility index (Phi) is 2.02. The Morgan fingerprint density at radius 2 is 1.85 bits per heavy atom. The molecule has 0 amide bonds. The van der Waals surface area contributed by atoms with Crippen LogP contribution >= 0.6 is 0 Å². The standard InChI is InChI=1S/C20H10O7/c21-9-6-7-19-14-8(9)2-1-3-11(14)26-20(27-19)15-12(25-19)5-4-10(22)13(15)16(23)17-18(20)24-17/h1-7,17-18,22H/t17-,18-,19-,20?/m1/s1. The number of benzene rings is 2. The molecule has 2 spiro atoms. The maximum Gasteiger partial charge on any atom is 0.275 e. The first-order chi connectivity index (χ1) is 13.0. The maximum atomic E-state index is 12.7. The quantitative estimate of drug-likeness (QED) is 0.716. The predicted octanol–water partition coefficient (Wildman–Crippen LogP) is 1.92. The number of fused-ring (bicyclic) bond motifs is 1. The van der Waals surface area contributed by atoms with Crippen LogP contribution in [0.25, 0.3) is 0 Å². The number of ether oxygens (including phenoxy) is 4. The van der Waals surface area contributed by atoms with Gasteiger partial charge < -0.3 is 19.3 Å². The second kappa shape index (κ2) is 3.90. The minimum atomic E-state index is -1.43. The summed E-state index contributed by atoms with van der Waals surface area (Å²) >= 11 is 0. The van der Waals surface area contributed by atoms with Crippen LogP contribution in [0.15, 0.2) is 42.5 Å². The molecule has 1 N–H and O–H groups in total. The lowest BCUT2D eigenvalue weighted by Gasteiger charge is -2.52. The zero-order valence-corrected chi connectivity index (χ0v) is 13.6. The van der Waals surface area contributed by atoms with Crippen molar-refractivity contribution in [3.63, 3.8) is 0 Å². The largest absolute Gasteiger partial charge is 0.507 e. The van der Waals surface area contributed by atoms with Crippen molar-refractivity contribution in [3.05, 3.63) is 64.7 Å². The minimum Gasteiger partial charge on any atom is -0.507 e. The van der Waals surface area contributed by atoms with Gasteiger partial charge in [0.05, 0.1) is 16.7 Å². The molecule has 2 aromatic carbocycles. The first kappa shape index (κ1) is 14.0. The average molecular weight is 362 g/mol. The Balaban J connectivity index is 1.61. The van der Waals surface area contributed by atoms with Crippen molar-refractivity contribution in [1.82, 2.24) is 0 Å². The van der Waals surface area contributed by atoms with Gasteiger partial charge in [0.2, 0.25) is 0 Å². The summed E-state index contributed by atoms with van der Waals surface area (Å²) in [5.41, 5.74) is 1.36. The molecule has 1 fully saturated rings. The van der Waals surface area contributed by atoms with Gasteiger partial charge in [-0.05, 0) is 30.4 Å². The fraction of sp³-hybridized carbons (Fsp3) is 0.200. The zero-order valence-electron chi connectivity index (χ0n) is 13.6. The number of rotatable bonds is 0. The molecule has 2 aromatic rings. The number of carbonyl (C=O) groups is 2. The molecule has 1 saturated heterocycles. The summed E-state index contributed by atoms with van der Waals surface area (Å²) in [4.78, 5) is 25.0. The van der Waals surface area contributed by atoms with Crippen LogP contribution in [-0.2, 0) is 21.0 Å². The van der Waals surface area contributed by atoms with Crippen LogP contribution in [-0.4, -0.2) is 28.9 Å². The number of aromatic hydroxyl groups is 1. The molecule has 5 aliphatic rings. The van der Waals surface area contributed by atoms with Gasteiger partial charge in [0, 0.05) is 5.56 Å². The van der Waals surface area contributed by atoms with E-state index in [4.69, 9.17) is 18.9 Å². The Morgan fingerprint density at radius 3 is 2.74 bits per heavy atom. The molecule has 7 nitrogen and oxygen atoms in total. The molecule has 0 aromatic heterocycles. The number of allylic oxidation sites excluding steroid dienone is 1. The van der Waals surface area contributed by atoms with Gasteiger partial charge in [0.25, 0.3) is 11.6 Å². The molecule has 1 unspecified atom stereocenters. The molecule has 3 heterocycles. The Morgan fingerprint density at radius 1 is 1.00 bits per heavy atom. The van der Waals surface area contributed by atoms with E-state index in [2.05, 4.69) is 0 Å². The van der Waals surface area contributed by atoms with Crippen LogP contribution in [0.2, 0.25) is 0 Å². The second-order valence-electron chi connectivity index (χ2n) is 7.19. The molecule has 7 rings (SSSR count). The van der Waals surface area contributed by atoms with E-state index in [0.717, 1.165) is 0 Å². The smallest absolute Gasteiger partial charge is 0.275 e. The topological polar surface area (TPSA) is 94.6 Å². The molecular weight excluding hydrogens is 352 g/mol. The molecule has 27 heavy (non-hydrogen) atoms. The van der Waals surface area contributed by atoms with Crippen molar-refractivity contribution in [2.45, 2.75) is 23.8 Å². The first-order valence-corrected chi connectivity index (χ1v) is 8.55. The van der Waals surface area contributed by atoms with Gasteiger partial charge in [-0.15, -0.1) is 0 Å². The van der Waals surface area contributed by atoms with E-state index in [1.165, 1.54) is 12.1 Å². The first-order valence-electron chi connectivity index (χ1n) is 8.55. The third kappa shape index (κ3) is 1.35. The summed E-state index contributed by atoms with van der Waals surface area (Å²) in [7, 11) is 0. The van der Waals surface area contributed by atoms with Crippen molar-refractivity contribution in [3.8, 4) is 17.2 Å². The van der Waals surface area contributed by atoms with Crippen LogP contribution in [0, 0.1) is 0 Å². The third-order valence-electron chi connectivity index (χ3n) is 5.79. The van der Waals surface area contributed by atoms with E-state index >= 15 is 0 Å².